The maximum absolute atomic E-state index is 12.3. The molecule has 0 bridgehead atoms. The molecular formula is C16H14Br2ClNO. The predicted octanol–water partition coefficient (Wildman–Crippen LogP) is 5.49. The zero-order chi connectivity index (χ0) is 15.4. The van der Waals surface area contributed by atoms with Crippen molar-refractivity contribution in [2.45, 2.75) is 16.6 Å². The summed E-state index contributed by atoms with van der Waals surface area (Å²) < 4.78 is 0. The van der Waals surface area contributed by atoms with Gasteiger partial charge < -0.3 is 5.32 Å². The van der Waals surface area contributed by atoms with Crippen LogP contribution in [0.2, 0.25) is 5.02 Å². The van der Waals surface area contributed by atoms with Crippen LogP contribution in [-0.4, -0.2) is 10.7 Å². The fourth-order valence-electron chi connectivity index (χ4n) is 1.82. The van der Waals surface area contributed by atoms with Crippen LogP contribution in [0.1, 0.15) is 16.0 Å². The van der Waals surface area contributed by atoms with Crippen LogP contribution in [0.4, 0.5) is 5.69 Å². The third kappa shape index (κ3) is 4.31. The second kappa shape index (κ2) is 7.43. The second-order valence-corrected chi connectivity index (χ2v) is 7.05. The monoisotopic (exact) mass is 429 g/mol. The van der Waals surface area contributed by atoms with Crippen LogP contribution in [0, 0.1) is 6.92 Å². The average molecular weight is 432 g/mol. The molecular weight excluding hydrogens is 417 g/mol. The lowest BCUT2D eigenvalue weighted by Crippen LogP contribution is -2.26. The molecule has 0 aromatic heterocycles. The molecule has 0 aliphatic carbocycles. The summed E-state index contributed by atoms with van der Waals surface area (Å²) in [6, 6.07) is 15.3. The number of hydrogen-bond acceptors (Lipinski definition) is 1. The van der Waals surface area contributed by atoms with Crippen LogP contribution < -0.4 is 5.32 Å². The van der Waals surface area contributed by atoms with Crippen LogP contribution in [-0.2, 0) is 4.79 Å². The number of amides is 1. The molecule has 1 amide bonds. The van der Waals surface area contributed by atoms with Gasteiger partial charge in [0.2, 0.25) is 5.91 Å². The quantitative estimate of drug-likeness (QED) is 0.638. The fraction of sp³-hybridized carbons (Fsp3) is 0.188. The zero-order valence-corrected chi connectivity index (χ0v) is 15.2. The van der Waals surface area contributed by atoms with Gasteiger partial charge in [0.05, 0.1) is 4.83 Å². The van der Waals surface area contributed by atoms with Crippen LogP contribution in [0.5, 0.6) is 0 Å². The van der Waals surface area contributed by atoms with Gasteiger partial charge in [-0.2, -0.15) is 0 Å². The molecule has 0 heterocycles. The number of nitrogens with one attached hydrogen (secondary N) is 1. The van der Waals surface area contributed by atoms with Gasteiger partial charge in [-0.15, -0.1) is 0 Å². The number of carbonyl (C=O) groups excluding carboxylic acids is 1. The van der Waals surface area contributed by atoms with Gasteiger partial charge in [0, 0.05) is 10.7 Å². The van der Waals surface area contributed by atoms with E-state index in [0.29, 0.717) is 10.7 Å². The molecule has 2 rings (SSSR count). The van der Waals surface area contributed by atoms with Gasteiger partial charge in [0.15, 0.2) is 0 Å². The number of carbonyl (C=O) groups is 1. The van der Waals surface area contributed by atoms with Crippen molar-refractivity contribution in [3.8, 4) is 0 Å². The van der Waals surface area contributed by atoms with Crippen LogP contribution >= 0.6 is 43.5 Å². The van der Waals surface area contributed by atoms with E-state index in [0.717, 1.165) is 11.1 Å². The van der Waals surface area contributed by atoms with Crippen molar-refractivity contribution in [3.05, 3.63) is 64.7 Å². The molecule has 0 saturated heterocycles. The minimum Gasteiger partial charge on any atom is -0.325 e. The normalized spacial score (nSPS) is 13.5. The number of alkyl halides is 2. The van der Waals surface area contributed by atoms with Crippen molar-refractivity contribution in [2.75, 3.05) is 5.32 Å². The Morgan fingerprint density at radius 1 is 1.14 bits per heavy atom. The topological polar surface area (TPSA) is 29.1 Å². The molecule has 5 heteroatoms. The smallest absolute Gasteiger partial charge is 0.239 e. The Bertz CT molecular complexity index is 633. The molecule has 0 unspecified atom stereocenters. The van der Waals surface area contributed by atoms with Crippen molar-refractivity contribution < 1.29 is 4.79 Å². The van der Waals surface area contributed by atoms with Crippen molar-refractivity contribution in [2.24, 2.45) is 0 Å². The molecule has 0 spiro atoms. The van der Waals surface area contributed by atoms with E-state index in [1.165, 1.54) is 0 Å². The highest BCUT2D eigenvalue weighted by Gasteiger charge is 2.25. The molecule has 2 aromatic carbocycles. The van der Waals surface area contributed by atoms with Gasteiger partial charge in [-0.05, 0) is 30.2 Å². The first-order valence-corrected chi connectivity index (χ1v) is 8.60. The lowest BCUT2D eigenvalue weighted by Gasteiger charge is -2.17. The first kappa shape index (κ1) is 16.5. The van der Waals surface area contributed by atoms with Crippen LogP contribution in [0.25, 0.3) is 0 Å². The molecule has 110 valence electrons. The highest BCUT2D eigenvalue weighted by atomic mass is 79.9. The number of rotatable bonds is 4. The molecule has 2 nitrogen and oxygen atoms in total. The molecule has 0 aliphatic rings. The van der Waals surface area contributed by atoms with E-state index in [-0.39, 0.29) is 15.6 Å². The standard InChI is InChI=1S/C16H14Br2ClNO/c1-10-7-8-12(9-13(10)19)20-16(21)15(18)14(17)11-5-3-2-4-6-11/h2-9,14-15H,1H3,(H,20,21)/t14-,15+/m1/s1. The van der Waals surface area contributed by atoms with Gasteiger partial charge in [-0.3, -0.25) is 4.79 Å². The Kier molecular flexibility index (Phi) is 5.85. The van der Waals surface area contributed by atoms with E-state index in [4.69, 9.17) is 11.6 Å². The average Bonchev–Trinajstić information content (AvgIpc) is 2.50. The number of benzene rings is 2. The van der Waals surface area contributed by atoms with Gasteiger partial charge in [0.1, 0.15) is 4.83 Å². The van der Waals surface area contributed by atoms with E-state index in [9.17, 15) is 4.79 Å². The number of hydrogen-bond donors (Lipinski definition) is 1. The molecule has 2 atom stereocenters. The first-order valence-electron chi connectivity index (χ1n) is 6.39. The number of aryl methyl sites for hydroxylation is 1. The maximum atomic E-state index is 12.3. The summed E-state index contributed by atoms with van der Waals surface area (Å²) in [6.07, 6.45) is 0. The zero-order valence-electron chi connectivity index (χ0n) is 11.3. The summed E-state index contributed by atoms with van der Waals surface area (Å²) in [5.74, 6) is -0.124. The summed E-state index contributed by atoms with van der Waals surface area (Å²) in [7, 11) is 0. The molecule has 0 saturated carbocycles. The first-order chi connectivity index (χ1) is 9.99. The van der Waals surface area contributed by atoms with Gasteiger partial charge in [0.25, 0.3) is 0 Å². The highest BCUT2D eigenvalue weighted by Crippen LogP contribution is 2.32. The van der Waals surface area contributed by atoms with Gasteiger partial charge in [-0.25, -0.2) is 0 Å². The maximum Gasteiger partial charge on any atom is 0.239 e. The molecule has 0 aliphatic heterocycles. The summed E-state index contributed by atoms with van der Waals surface area (Å²) in [5.41, 5.74) is 2.71. The van der Waals surface area contributed by atoms with E-state index in [2.05, 4.69) is 37.2 Å². The Morgan fingerprint density at radius 3 is 2.43 bits per heavy atom. The second-order valence-electron chi connectivity index (χ2n) is 4.67. The SMILES string of the molecule is Cc1ccc(NC(=O)[C@@H](Br)[C@H](Br)c2ccccc2)cc1Cl. The van der Waals surface area contributed by atoms with Crippen molar-refractivity contribution in [1.29, 1.82) is 0 Å². The minimum atomic E-state index is -0.389. The molecule has 21 heavy (non-hydrogen) atoms. The molecule has 1 N–H and O–H groups in total. The third-order valence-electron chi connectivity index (χ3n) is 3.06. The van der Waals surface area contributed by atoms with Crippen LogP contribution in [0.3, 0.4) is 0 Å². The predicted molar refractivity (Wildman–Crippen MR) is 95.6 cm³/mol. The lowest BCUT2D eigenvalue weighted by molar-refractivity contribution is -0.115. The Labute approximate surface area is 146 Å². The van der Waals surface area contributed by atoms with Crippen LogP contribution in [0.15, 0.2) is 48.5 Å². The molecule has 0 radical (unpaired) electrons. The van der Waals surface area contributed by atoms with E-state index in [1.54, 1.807) is 6.07 Å². The summed E-state index contributed by atoms with van der Waals surface area (Å²) in [6.45, 7) is 1.92. The van der Waals surface area contributed by atoms with Gasteiger partial charge >= 0.3 is 0 Å². The van der Waals surface area contributed by atoms with Crippen molar-refractivity contribution >= 4 is 55.1 Å². The van der Waals surface area contributed by atoms with E-state index >= 15 is 0 Å². The largest absolute Gasteiger partial charge is 0.325 e. The van der Waals surface area contributed by atoms with E-state index < -0.39 is 0 Å². The van der Waals surface area contributed by atoms with Gasteiger partial charge in [-0.1, -0.05) is 79.9 Å². The molecule has 2 aromatic rings. The van der Waals surface area contributed by atoms with Crippen molar-refractivity contribution in [3.63, 3.8) is 0 Å². The fourth-order valence-corrected chi connectivity index (χ4v) is 2.97. The Balaban J connectivity index is 2.07. The van der Waals surface area contributed by atoms with E-state index in [1.807, 2.05) is 49.4 Å². The third-order valence-corrected chi connectivity index (χ3v) is 6.18. The molecule has 0 fully saturated rings. The van der Waals surface area contributed by atoms with Crippen molar-refractivity contribution in [1.82, 2.24) is 0 Å². The Morgan fingerprint density at radius 2 is 1.81 bits per heavy atom. The summed E-state index contributed by atoms with van der Waals surface area (Å²) in [4.78, 5) is 11.8. The lowest BCUT2D eigenvalue weighted by atomic mass is 10.1. The number of halogens is 3. The summed E-state index contributed by atoms with van der Waals surface area (Å²) >= 11 is 13.1. The summed E-state index contributed by atoms with van der Waals surface area (Å²) in [5, 5.41) is 3.50. The number of anilines is 1. The minimum absolute atomic E-state index is 0.111. The Hall–Kier alpha value is -0.840. The highest BCUT2D eigenvalue weighted by molar-refractivity contribution is 9.12.